The fourth-order valence-electron chi connectivity index (χ4n) is 2.76. The molecule has 2 N–H and O–H groups in total. The van der Waals surface area contributed by atoms with Crippen LogP contribution in [-0.4, -0.2) is 12.5 Å². The van der Waals surface area contributed by atoms with Crippen LogP contribution in [0, 0.1) is 6.92 Å². The second-order valence-electron chi connectivity index (χ2n) is 5.26. The lowest BCUT2D eigenvalue weighted by Crippen LogP contribution is -2.35. The predicted octanol–water partition coefficient (Wildman–Crippen LogP) is 3.17. The third kappa shape index (κ3) is 2.16. The van der Waals surface area contributed by atoms with Crippen LogP contribution in [0.3, 0.4) is 0 Å². The number of amides is 1. The van der Waals surface area contributed by atoms with Crippen LogP contribution in [0.4, 0.5) is 11.4 Å². The van der Waals surface area contributed by atoms with Crippen molar-refractivity contribution in [2.45, 2.75) is 19.8 Å². The Morgan fingerprint density at radius 1 is 1.20 bits per heavy atom. The van der Waals surface area contributed by atoms with Crippen molar-refractivity contribution in [3.63, 3.8) is 0 Å². The minimum atomic E-state index is 0.0435. The Balaban J connectivity index is 2.02. The van der Waals surface area contributed by atoms with E-state index in [9.17, 15) is 4.79 Å². The van der Waals surface area contributed by atoms with Crippen molar-refractivity contribution >= 4 is 17.3 Å². The van der Waals surface area contributed by atoms with Gasteiger partial charge in [0.25, 0.3) is 5.91 Å². The molecule has 2 aromatic rings. The summed E-state index contributed by atoms with van der Waals surface area (Å²) < 4.78 is 0. The minimum Gasteiger partial charge on any atom is -0.399 e. The van der Waals surface area contributed by atoms with Gasteiger partial charge in [0.2, 0.25) is 0 Å². The molecular weight excluding hydrogens is 248 g/mol. The summed E-state index contributed by atoms with van der Waals surface area (Å²) in [6.07, 6.45) is 2.04. The van der Waals surface area contributed by atoms with E-state index in [1.165, 1.54) is 5.56 Å². The number of para-hydroxylation sites is 1. The van der Waals surface area contributed by atoms with Crippen LogP contribution in [0.25, 0.3) is 0 Å². The lowest BCUT2D eigenvalue weighted by molar-refractivity contribution is 0.0984. The molecule has 20 heavy (non-hydrogen) atoms. The first-order chi connectivity index (χ1) is 9.66. The molecule has 0 spiro atoms. The number of hydrogen-bond donors (Lipinski definition) is 1. The van der Waals surface area contributed by atoms with Gasteiger partial charge in [-0.05, 0) is 49.1 Å². The fraction of sp³-hybridized carbons (Fsp3) is 0.235. The monoisotopic (exact) mass is 266 g/mol. The number of nitrogens with two attached hydrogens (primary N) is 1. The van der Waals surface area contributed by atoms with E-state index >= 15 is 0 Å². The van der Waals surface area contributed by atoms with Crippen molar-refractivity contribution in [1.82, 2.24) is 0 Å². The number of hydrogen-bond acceptors (Lipinski definition) is 2. The summed E-state index contributed by atoms with van der Waals surface area (Å²) in [6.45, 7) is 2.71. The highest BCUT2D eigenvalue weighted by Gasteiger charge is 2.24. The molecule has 0 fully saturated rings. The van der Waals surface area contributed by atoms with E-state index in [4.69, 9.17) is 5.73 Å². The predicted molar refractivity (Wildman–Crippen MR) is 82.0 cm³/mol. The van der Waals surface area contributed by atoms with Gasteiger partial charge in [-0.1, -0.05) is 24.3 Å². The van der Waals surface area contributed by atoms with Gasteiger partial charge in [-0.15, -0.1) is 0 Å². The number of carbonyl (C=O) groups is 1. The van der Waals surface area contributed by atoms with Gasteiger partial charge in [0, 0.05) is 23.5 Å². The third-order valence-corrected chi connectivity index (χ3v) is 3.85. The first kappa shape index (κ1) is 12.7. The zero-order valence-electron chi connectivity index (χ0n) is 11.6. The van der Waals surface area contributed by atoms with Crippen molar-refractivity contribution in [2.24, 2.45) is 0 Å². The van der Waals surface area contributed by atoms with Gasteiger partial charge in [-0.2, -0.15) is 0 Å². The Morgan fingerprint density at radius 2 is 2.00 bits per heavy atom. The summed E-state index contributed by atoms with van der Waals surface area (Å²) in [5.74, 6) is 0.0435. The Hall–Kier alpha value is -2.29. The molecule has 0 saturated heterocycles. The summed E-state index contributed by atoms with van der Waals surface area (Å²) in [5, 5.41) is 0. The number of carbonyl (C=O) groups excluding carboxylic acids is 1. The molecule has 3 rings (SSSR count). The van der Waals surface area contributed by atoms with E-state index in [1.807, 2.05) is 42.2 Å². The Kier molecular flexibility index (Phi) is 3.18. The molecule has 0 saturated carbocycles. The average Bonchev–Trinajstić information content (AvgIpc) is 2.48. The van der Waals surface area contributed by atoms with E-state index in [0.29, 0.717) is 11.3 Å². The first-order valence-electron chi connectivity index (χ1n) is 6.93. The number of benzene rings is 2. The molecule has 0 atom stereocenters. The molecule has 0 aliphatic carbocycles. The summed E-state index contributed by atoms with van der Waals surface area (Å²) in [6, 6.07) is 13.6. The Morgan fingerprint density at radius 3 is 2.85 bits per heavy atom. The van der Waals surface area contributed by atoms with Crippen LogP contribution < -0.4 is 10.6 Å². The number of aryl methyl sites for hydroxylation is 2. The number of fused-ring (bicyclic) bond motifs is 1. The van der Waals surface area contributed by atoms with Crippen LogP contribution >= 0.6 is 0 Å². The smallest absolute Gasteiger partial charge is 0.258 e. The van der Waals surface area contributed by atoms with Crippen molar-refractivity contribution in [3.8, 4) is 0 Å². The van der Waals surface area contributed by atoms with Gasteiger partial charge >= 0.3 is 0 Å². The summed E-state index contributed by atoms with van der Waals surface area (Å²) >= 11 is 0. The summed E-state index contributed by atoms with van der Waals surface area (Å²) in [5.41, 5.74) is 10.4. The topological polar surface area (TPSA) is 46.3 Å². The Labute approximate surface area is 119 Å². The molecule has 102 valence electrons. The SMILES string of the molecule is Cc1ccc(N)cc1C(=O)N1CCCc2ccccc21. The van der Waals surface area contributed by atoms with E-state index in [1.54, 1.807) is 6.07 Å². The Bertz CT molecular complexity index is 664. The normalized spacial score (nSPS) is 13.9. The molecule has 1 amide bonds. The van der Waals surface area contributed by atoms with Crippen molar-refractivity contribution < 1.29 is 4.79 Å². The second-order valence-corrected chi connectivity index (χ2v) is 5.26. The highest BCUT2D eigenvalue weighted by Crippen LogP contribution is 2.29. The van der Waals surface area contributed by atoms with Gasteiger partial charge in [0.1, 0.15) is 0 Å². The van der Waals surface area contributed by atoms with Crippen molar-refractivity contribution in [3.05, 3.63) is 59.2 Å². The van der Waals surface area contributed by atoms with Crippen LogP contribution in [0.5, 0.6) is 0 Å². The van der Waals surface area contributed by atoms with E-state index < -0.39 is 0 Å². The zero-order valence-corrected chi connectivity index (χ0v) is 11.6. The largest absolute Gasteiger partial charge is 0.399 e. The highest BCUT2D eigenvalue weighted by molar-refractivity contribution is 6.08. The summed E-state index contributed by atoms with van der Waals surface area (Å²) in [7, 11) is 0. The summed E-state index contributed by atoms with van der Waals surface area (Å²) in [4.78, 5) is 14.7. The molecule has 0 bridgehead atoms. The quantitative estimate of drug-likeness (QED) is 0.806. The standard InChI is InChI=1S/C17H18N2O/c1-12-8-9-14(18)11-15(12)17(20)19-10-4-6-13-5-2-3-7-16(13)19/h2-3,5,7-9,11H,4,6,10,18H2,1H3. The highest BCUT2D eigenvalue weighted by atomic mass is 16.2. The lowest BCUT2D eigenvalue weighted by Gasteiger charge is -2.30. The molecule has 2 aromatic carbocycles. The van der Waals surface area contributed by atoms with Gasteiger partial charge in [-0.3, -0.25) is 4.79 Å². The molecule has 0 radical (unpaired) electrons. The van der Waals surface area contributed by atoms with Crippen molar-refractivity contribution in [2.75, 3.05) is 17.2 Å². The van der Waals surface area contributed by atoms with Crippen LogP contribution in [0.15, 0.2) is 42.5 Å². The molecular formula is C17H18N2O. The first-order valence-corrected chi connectivity index (χ1v) is 6.93. The molecule has 0 unspecified atom stereocenters. The fourth-order valence-corrected chi connectivity index (χ4v) is 2.76. The second kappa shape index (κ2) is 5.00. The molecule has 3 nitrogen and oxygen atoms in total. The number of nitrogen functional groups attached to an aromatic ring is 1. The maximum Gasteiger partial charge on any atom is 0.258 e. The van der Waals surface area contributed by atoms with Crippen LogP contribution in [0.2, 0.25) is 0 Å². The van der Waals surface area contributed by atoms with Crippen LogP contribution in [-0.2, 0) is 6.42 Å². The number of rotatable bonds is 1. The zero-order chi connectivity index (χ0) is 14.1. The number of anilines is 2. The maximum absolute atomic E-state index is 12.8. The molecule has 1 aliphatic rings. The van der Waals surface area contributed by atoms with E-state index in [-0.39, 0.29) is 5.91 Å². The van der Waals surface area contributed by atoms with E-state index in [0.717, 1.165) is 30.6 Å². The molecule has 1 heterocycles. The van der Waals surface area contributed by atoms with Gasteiger partial charge in [-0.25, -0.2) is 0 Å². The van der Waals surface area contributed by atoms with E-state index in [2.05, 4.69) is 6.07 Å². The average molecular weight is 266 g/mol. The van der Waals surface area contributed by atoms with Gasteiger partial charge in [0.05, 0.1) is 0 Å². The number of nitrogens with zero attached hydrogens (tertiary/aromatic N) is 1. The molecule has 1 aliphatic heterocycles. The lowest BCUT2D eigenvalue weighted by atomic mass is 9.99. The maximum atomic E-state index is 12.8. The van der Waals surface area contributed by atoms with Gasteiger partial charge < -0.3 is 10.6 Å². The van der Waals surface area contributed by atoms with Crippen LogP contribution in [0.1, 0.15) is 27.9 Å². The minimum absolute atomic E-state index is 0.0435. The third-order valence-electron chi connectivity index (χ3n) is 3.85. The molecule has 3 heteroatoms. The van der Waals surface area contributed by atoms with Crippen molar-refractivity contribution in [1.29, 1.82) is 0 Å². The van der Waals surface area contributed by atoms with Gasteiger partial charge in [0.15, 0.2) is 0 Å². The molecule has 0 aromatic heterocycles.